The normalized spacial score (nSPS) is 17.9. The lowest BCUT2D eigenvalue weighted by Gasteiger charge is -2.38. The van der Waals surface area contributed by atoms with Crippen molar-refractivity contribution >= 4 is 17.0 Å². The second kappa shape index (κ2) is 12.5. The average molecular weight is 477 g/mol. The van der Waals surface area contributed by atoms with Crippen molar-refractivity contribution in [2.45, 2.75) is 45.1 Å². The van der Waals surface area contributed by atoms with Crippen LogP contribution in [0.3, 0.4) is 0 Å². The summed E-state index contributed by atoms with van der Waals surface area (Å²) >= 11 is 0. The van der Waals surface area contributed by atoms with Gasteiger partial charge in [0.15, 0.2) is 0 Å². The minimum absolute atomic E-state index is 0.187. The number of methoxy groups -OCH3 is 1. The number of aryl methyl sites for hydroxylation is 1. The predicted molar refractivity (Wildman–Crippen MR) is 137 cm³/mol. The van der Waals surface area contributed by atoms with E-state index < -0.39 is 0 Å². The molecule has 0 radical (unpaired) electrons. The van der Waals surface area contributed by atoms with E-state index >= 15 is 0 Å². The molecule has 35 heavy (non-hydrogen) atoms. The number of carbonyl (C=O) groups is 1. The van der Waals surface area contributed by atoms with Gasteiger partial charge in [0, 0.05) is 31.3 Å². The number of aliphatic hydroxyl groups is 1. The number of hydrogen-bond acceptors (Lipinski definition) is 5. The molecule has 2 heterocycles. The van der Waals surface area contributed by atoms with Gasteiger partial charge in [-0.1, -0.05) is 30.3 Å². The van der Waals surface area contributed by atoms with Crippen LogP contribution >= 0.6 is 0 Å². The van der Waals surface area contributed by atoms with E-state index in [2.05, 4.69) is 17.1 Å². The minimum atomic E-state index is -0.237. The summed E-state index contributed by atoms with van der Waals surface area (Å²) in [6.07, 6.45) is 7.49. The molecule has 1 fully saturated rings. The van der Waals surface area contributed by atoms with Crippen LogP contribution in [0.1, 0.15) is 43.2 Å². The Kier molecular flexibility index (Phi) is 8.96. The summed E-state index contributed by atoms with van der Waals surface area (Å²) in [5.74, 6) is 1.78. The van der Waals surface area contributed by atoms with Gasteiger partial charge in [-0.25, -0.2) is 4.79 Å². The highest BCUT2D eigenvalue weighted by Crippen LogP contribution is 2.32. The second-order valence-corrected chi connectivity index (χ2v) is 9.41. The number of nitrogens with zero attached hydrogens (tertiary/aromatic N) is 2. The van der Waals surface area contributed by atoms with Gasteiger partial charge in [0.25, 0.3) is 0 Å². The van der Waals surface area contributed by atoms with Gasteiger partial charge in [-0.15, -0.1) is 0 Å². The van der Waals surface area contributed by atoms with E-state index in [4.69, 9.17) is 9.47 Å². The fraction of sp³-hybridized carbons (Fsp3) is 0.448. The lowest BCUT2D eigenvalue weighted by Crippen LogP contribution is -2.44. The molecule has 0 aliphatic carbocycles. The van der Waals surface area contributed by atoms with E-state index in [-0.39, 0.29) is 12.7 Å². The number of ether oxygens (including phenoxy) is 2. The van der Waals surface area contributed by atoms with Gasteiger partial charge in [0.2, 0.25) is 0 Å². The Labute approximate surface area is 207 Å². The zero-order valence-corrected chi connectivity index (χ0v) is 20.6. The van der Waals surface area contributed by atoms with E-state index in [0.29, 0.717) is 25.0 Å². The maximum absolute atomic E-state index is 12.7. The molecule has 1 aliphatic rings. The van der Waals surface area contributed by atoms with Crippen LogP contribution < -0.4 is 4.74 Å². The third-order valence-corrected chi connectivity index (χ3v) is 7.15. The van der Waals surface area contributed by atoms with Crippen molar-refractivity contribution in [3.63, 3.8) is 0 Å². The molecule has 1 aliphatic heterocycles. The molecule has 0 saturated carbocycles. The van der Waals surface area contributed by atoms with Gasteiger partial charge in [-0.05, 0) is 85.8 Å². The van der Waals surface area contributed by atoms with E-state index in [1.165, 1.54) is 5.56 Å². The number of benzene rings is 2. The summed E-state index contributed by atoms with van der Waals surface area (Å²) in [5, 5.41) is 10.6. The maximum atomic E-state index is 12.7. The zero-order chi connectivity index (χ0) is 24.5. The molecular formula is C29H36N2O4. The first-order valence-electron chi connectivity index (χ1n) is 12.7. The molecule has 6 heteroatoms. The van der Waals surface area contributed by atoms with Gasteiger partial charge in [0.05, 0.1) is 12.6 Å². The number of pyridine rings is 1. The third-order valence-electron chi connectivity index (χ3n) is 7.15. The standard InChI is InChI=1S/C29H36N2O4/c1-34-26-12-13-28-27(19-26)24(14-16-30-28)10-5-9-23-15-17-31(20-25(23)11-6-18-32)29(33)35-21-22-7-3-2-4-8-22/h2-4,7-8,12-14,16,19,23,25,32H,5-6,9-11,15,17-18,20-21H2,1H3/t23-,25+/m1/s1. The Morgan fingerprint density at radius 1 is 1.09 bits per heavy atom. The van der Waals surface area contributed by atoms with Crippen LogP contribution in [0.2, 0.25) is 0 Å². The number of amides is 1. The first-order valence-corrected chi connectivity index (χ1v) is 12.7. The molecule has 2 atom stereocenters. The molecular weight excluding hydrogens is 440 g/mol. The van der Waals surface area contributed by atoms with Crippen LogP contribution in [-0.2, 0) is 17.8 Å². The van der Waals surface area contributed by atoms with Crippen LogP contribution in [-0.4, -0.2) is 47.9 Å². The molecule has 0 bridgehead atoms. The van der Waals surface area contributed by atoms with E-state index in [1.807, 2.05) is 53.6 Å². The Morgan fingerprint density at radius 3 is 2.71 bits per heavy atom. The molecule has 1 N–H and O–H groups in total. The predicted octanol–water partition coefficient (Wildman–Crippen LogP) is 5.61. The highest BCUT2D eigenvalue weighted by molar-refractivity contribution is 5.83. The summed E-state index contributed by atoms with van der Waals surface area (Å²) in [7, 11) is 1.69. The highest BCUT2D eigenvalue weighted by Gasteiger charge is 2.31. The maximum Gasteiger partial charge on any atom is 0.410 e. The molecule has 2 aromatic carbocycles. The van der Waals surface area contributed by atoms with E-state index in [1.54, 1.807) is 7.11 Å². The SMILES string of the molecule is COc1ccc2nccc(CCC[C@@H]3CCN(C(=O)OCc4ccccc4)C[C@@H]3CCCO)c2c1. The monoisotopic (exact) mass is 476 g/mol. The van der Waals surface area contributed by atoms with Gasteiger partial charge >= 0.3 is 6.09 Å². The molecule has 4 rings (SSSR count). The number of aliphatic hydroxyl groups excluding tert-OH is 1. The molecule has 1 amide bonds. The van der Waals surface area contributed by atoms with Crippen molar-refractivity contribution in [3.05, 3.63) is 71.9 Å². The van der Waals surface area contributed by atoms with E-state index in [0.717, 1.165) is 67.3 Å². The molecule has 186 valence electrons. The number of rotatable bonds is 10. The van der Waals surface area contributed by atoms with Crippen LogP contribution in [0, 0.1) is 11.8 Å². The zero-order valence-electron chi connectivity index (χ0n) is 20.6. The fourth-order valence-corrected chi connectivity index (χ4v) is 5.20. The van der Waals surface area contributed by atoms with Crippen molar-refractivity contribution < 1.29 is 19.4 Å². The summed E-state index contributed by atoms with van der Waals surface area (Å²) in [6.45, 7) is 1.91. The Morgan fingerprint density at radius 2 is 1.91 bits per heavy atom. The van der Waals surface area contributed by atoms with Gasteiger partial charge in [-0.2, -0.15) is 0 Å². The molecule has 6 nitrogen and oxygen atoms in total. The topological polar surface area (TPSA) is 71.9 Å². The number of piperidine rings is 1. The van der Waals surface area contributed by atoms with Crippen LogP contribution in [0.25, 0.3) is 10.9 Å². The Hall–Kier alpha value is -3.12. The first kappa shape index (κ1) is 25.0. The molecule has 0 spiro atoms. The van der Waals surface area contributed by atoms with Crippen molar-refractivity contribution in [2.75, 3.05) is 26.8 Å². The van der Waals surface area contributed by atoms with Crippen molar-refractivity contribution in [2.24, 2.45) is 11.8 Å². The molecule has 1 saturated heterocycles. The Balaban J connectivity index is 1.33. The number of hydrogen-bond donors (Lipinski definition) is 1. The summed E-state index contributed by atoms with van der Waals surface area (Å²) in [6, 6.07) is 17.9. The molecule has 0 unspecified atom stereocenters. The van der Waals surface area contributed by atoms with Crippen molar-refractivity contribution in [1.82, 2.24) is 9.88 Å². The molecule has 3 aromatic rings. The first-order chi connectivity index (χ1) is 17.2. The second-order valence-electron chi connectivity index (χ2n) is 9.41. The summed E-state index contributed by atoms with van der Waals surface area (Å²) < 4.78 is 11.0. The average Bonchev–Trinajstić information content (AvgIpc) is 2.91. The fourth-order valence-electron chi connectivity index (χ4n) is 5.20. The minimum Gasteiger partial charge on any atom is -0.497 e. The number of aromatic nitrogens is 1. The van der Waals surface area contributed by atoms with E-state index in [9.17, 15) is 9.90 Å². The van der Waals surface area contributed by atoms with Crippen LogP contribution in [0.5, 0.6) is 5.75 Å². The lowest BCUT2D eigenvalue weighted by molar-refractivity contribution is 0.0584. The van der Waals surface area contributed by atoms with Crippen molar-refractivity contribution in [3.8, 4) is 5.75 Å². The van der Waals surface area contributed by atoms with Gasteiger partial charge in [0.1, 0.15) is 12.4 Å². The summed E-state index contributed by atoms with van der Waals surface area (Å²) in [4.78, 5) is 19.1. The largest absolute Gasteiger partial charge is 0.497 e. The number of fused-ring (bicyclic) bond motifs is 1. The van der Waals surface area contributed by atoms with Gasteiger partial charge < -0.3 is 19.5 Å². The quantitative estimate of drug-likeness (QED) is 0.412. The number of carbonyl (C=O) groups excluding carboxylic acids is 1. The Bertz CT molecular complexity index is 1090. The van der Waals surface area contributed by atoms with Gasteiger partial charge in [-0.3, -0.25) is 4.98 Å². The van der Waals surface area contributed by atoms with Crippen LogP contribution in [0.15, 0.2) is 60.8 Å². The van der Waals surface area contributed by atoms with Crippen molar-refractivity contribution in [1.29, 1.82) is 0 Å². The molecule has 1 aromatic heterocycles. The third kappa shape index (κ3) is 6.73. The number of likely N-dealkylation sites (tertiary alicyclic amines) is 1. The lowest BCUT2D eigenvalue weighted by atomic mass is 9.79. The summed E-state index contributed by atoms with van der Waals surface area (Å²) in [5.41, 5.74) is 3.28. The smallest absolute Gasteiger partial charge is 0.410 e. The van der Waals surface area contributed by atoms with Crippen LogP contribution in [0.4, 0.5) is 4.79 Å². The highest BCUT2D eigenvalue weighted by atomic mass is 16.6.